The van der Waals surface area contributed by atoms with Crippen molar-refractivity contribution in [1.29, 1.82) is 0 Å². The van der Waals surface area contributed by atoms with E-state index in [4.69, 9.17) is 0 Å². The fraction of sp³-hybridized carbons (Fsp3) is 1.00. The van der Waals surface area contributed by atoms with Crippen LogP contribution >= 0.6 is 0 Å². The van der Waals surface area contributed by atoms with E-state index in [1.54, 1.807) is 0 Å². The van der Waals surface area contributed by atoms with Crippen LogP contribution in [0, 0.1) is 16.2 Å². The molecule has 0 aliphatic heterocycles. The third kappa shape index (κ3) is 0.320. The lowest BCUT2D eigenvalue weighted by Crippen LogP contribution is -1.95. The maximum Gasteiger partial charge on any atom is -0.0184 e. The van der Waals surface area contributed by atoms with Gasteiger partial charge in [-0.1, -0.05) is 27.7 Å². The van der Waals surface area contributed by atoms with Gasteiger partial charge in [-0.15, -0.1) is 0 Å². The van der Waals surface area contributed by atoms with E-state index < -0.39 is 0 Å². The molecule has 0 amide bonds. The molecule has 0 atom stereocenters. The van der Waals surface area contributed by atoms with Crippen LogP contribution in [0.2, 0.25) is 0 Å². The van der Waals surface area contributed by atoms with Crippen molar-refractivity contribution in [2.75, 3.05) is 0 Å². The first-order chi connectivity index (χ1) is 3.96. The highest BCUT2D eigenvalue weighted by atomic mass is 14.9. The second-order valence-corrected chi connectivity index (χ2v) is 4.83. The molecule has 0 heterocycles. The summed E-state index contributed by atoms with van der Waals surface area (Å²) in [6, 6.07) is 0. The second kappa shape index (κ2) is 0.980. The quantitative estimate of drug-likeness (QED) is 0.466. The van der Waals surface area contributed by atoms with Gasteiger partial charge < -0.3 is 0 Å². The Bertz CT molecular complexity index is 132. The minimum atomic E-state index is 0.653. The zero-order valence-corrected chi connectivity index (χ0v) is 6.91. The molecule has 2 aliphatic rings. The molecule has 9 heavy (non-hydrogen) atoms. The van der Waals surface area contributed by atoms with E-state index in [0.717, 1.165) is 5.41 Å². The van der Waals surface area contributed by atoms with E-state index in [1.807, 2.05) is 0 Å². The van der Waals surface area contributed by atoms with E-state index >= 15 is 0 Å². The summed E-state index contributed by atoms with van der Waals surface area (Å²) in [5.41, 5.74) is 2.10. The van der Waals surface area contributed by atoms with Gasteiger partial charge in [-0.3, -0.25) is 0 Å². The molecule has 0 heteroatoms. The van der Waals surface area contributed by atoms with Crippen molar-refractivity contribution in [1.82, 2.24) is 0 Å². The average molecular weight is 124 g/mol. The fourth-order valence-electron chi connectivity index (χ4n) is 2.92. The molecular weight excluding hydrogens is 108 g/mol. The molecule has 2 saturated carbocycles. The Morgan fingerprint density at radius 1 is 0.778 bits per heavy atom. The van der Waals surface area contributed by atoms with E-state index in [0.29, 0.717) is 10.8 Å². The molecule has 1 spiro atoms. The third-order valence-corrected chi connectivity index (χ3v) is 4.64. The predicted octanol–water partition coefficient (Wildman–Crippen LogP) is 2.83. The minimum Gasteiger partial charge on any atom is -0.0588 e. The van der Waals surface area contributed by atoms with Gasteiger partial charge in [0.2, 0.25) is 0 Å². The van der Waals surface area contributed by atoms with Gasteiger partial charge >= 0.3 is 0 Å². The molecule has 52 valence electrons. The summed E-state index contributed by atoms with van der Waals surface area (Å²) < 4.78 is 0. The monoisotopic (exact) mass is 124 g/mol. The number of hydrogen-bond donors (Lipinski definition) is 0. The van der Waals surface area contributed by atoms with E-state index in [2.05, 4.69) is 27.7 Å². The molecule has 2 rings (SSSR count). The van der Waals surface area contributed by atoms with Crippen LogP contribution < -0.4 is 0 Å². The van der Waals surface area contributed by atoms with Crippen molar-refractivity contribution >= 4 is 0 Å². The van der Waals surface area contributed by atoms with E-state index in [-0.39, 0.29) is 0 Å². The van der Waals surface area contributed by atoms with Crippen LogP contribution in [0.5, 0.6) is 0 Å². The molecule has 0 radical (unpaired) electrons. The van der Waals surface area contributed by atoms with Gasteiger partial charge in [0, 0.05) is 0 Å². The highest BCUT2D eigenvalue weighted by molar-refractivity contribution is 5.30. The SMILES string of the molecule is CC1(C)C(C)(C)C12CC2. The highest BCUT2D eigenvalue weighted by Gasteiger charge is 2.82. The van der Waals surface area contributed by atoms with Crippen LogP contribution in [0.3, 0.4) is 0 Å². The van der Waals surface area contributed by atoms with Crippen LogP contribution in [0.1, 0.15) is 40.5 Å². The average Bonchev–Trinajstić information content (AvgIpc) is 2.45. The lowest BCUT2D eigenvalue weighted by atomic mass is 10.0. The molecule has 2 aliphatic carbocycles. The molecule has 2 fully saturated rings. The molecule has 0 aromatic carbocycles. The van der Waals surface area contributed by atoms with Crippen molar-refractivity contribution in [2.24, 2.45) is 16.2 Å². The summed E-state index contributed by atoms with van der Waals surface area (Å²) in [5.74, 6) is 0. The maximum absolute atomic E-state index is 2.42. The van der Waals surface area contributed by atoms with Crippen LogP contribution in [0.15, 0.2) is 0 Å². The molecular formula is C9H16. The van der Waals surface area contributed by atoms with Crippen LogP contribution in [-0.4, -0.2) is 0 Å². The van der Waals surface area contributed by atoms with Crippen molar-refractivity contribution in [3.8, 4) is 0 Å². The van der Waals surface area contributed by atoms with Crippen LogP contribution in [0.25, 0.3) is 0 Å². The molecule has 0 aromatic heterocycles. The van der Waals surface area contributed by atoms with Crippen LogP contribution in [0.4, 0.5) is 0 Å². The second-order valence-electron chi connectivity index (χ2n) is 4.83. The molecule has 0 bridgehead atoms. The van der Waals surface area contributed by atoms with Crippen molar-refractivity contribution in [2.45, 2.75) is 40.5 Å². The zero-order chi connectivity index (χ0) is 6.91. The Labute approximate surface area is 57.6 Å². The summed E-state index contributed by atoms with van der Waals surface area (Å²) in [6.07, 6.45) is 2.99. The first-order valence-corrected chi connectivity index (χ1v) is 3.96. The topological polar surface area (TPSA) is 0 Å². The van der Waals surface area contributed by atoms with Gasteiger partial charge in [-0.05, 0) is 29.1 Å². The van der Waals surface area contributed by atoms with E-state index in [1.165, 1.54) is 12.8 Å². The fourth-order valence-corrected chi connectivity index (χ4v) is 2.92. The van der Waals surface area contributed by atoms with Gasteiger partial charge in [-0.2, -0.15) is 0 Å². The van der Waals surface area contributed by atoms with Gasteiger partial charge in [0.05, 0.1) is 0 Å². The Balaban J connectivity index is 2.36. The first kappa shape index (κ1) is 5.76. The molecule has 0 unspecified atom stereocenters. The Morgan fingerprint density at radius 2 is 1.11 bits per heavy atom. The number of rotatable bonds is 0. The largest absolute Gasteiger partial charge is 0.0588 e. The lowest BCUT2D eigenvalue weighted by Gasteiger charge is -2.03. The smallest absolute Gasteiger partial charge is 0.0184 e. The summed E-state index contributed by atoms with van der Waals surface area (Å²) >= 11 is 0. The third-order valence-electron chi connectivity index (χ3n) is 4.64. The zero-order valence-electron chi connectivity index (χ0n) is 6.91. The van der Waals surface area contributed by atoms with Gasteiger partial charge in [0.1, 0.15) is 0 Å². The molecule has 0 nitrogen and oxygen atoms in total. The molecule has 0 N–H and O–H groups in total. The Kier molecular flexibility index (Phi) is 0.627. The molecule has 0 saturated heterocycles. The standard InChI is InChI=1S/C9H16/c1-7(2)8(3,4)9(7)5-6-9/h5-6H2,1-4H3. The summed E-state index contributed by atoms with van der Waals surface area (Å²) in [7, 11) is 0. The van der Waals surface area contributed by atoms with Crippen molar-refractivity contribution < 1.29 is 0 Å². The number of hydrogen-bond acceptors (Lipinski definition) is 0. The predicted molar refractivity (Wildman–Crippen MR) is 39.2 cm³/mol. The normalized spacial score (nSPS) is 38.7. The van der Waals surface area contributed by atoms with Gasteiger partial charge in [0.15, 0.2) is 0 Å². The van der Waals surface area contributed by atoms with Crippen molar-refractivity contribution in [3.63, 3.8) is 0 Å². The van der Waals surface area contributed by atoms with Crippen LogP contribution in [-0.2, 0) is 0 Å². The Morgan fingerprint density at radius 3 is 1.11 bits per heavy atom. The summed E-state index contributed by atoms with van der Waals surface area (Å²) in [6.45, 7) is 9.67. The maximum atomic E-state index is 2.42. The van der Waals surface area contributed by atoms with Gasteiger partial charge in [-0.25, -0.2) is 0 Å². The Hall–Kier alpha value is 0. The summed E-state index contributed by atoms with van der Waals surface area (Å²) in [5, 5.41) is 0. The lowest BCUT2D eigenvalue weighted by molar-refractivity contribution is 0.457. The summed E-state index contributed by atoms with van der Waals surface area (Å²) in [4.78, 5) is 0. The van der Waals surface area contributed by atoms with Gasteiger partial charge in [0.25, 0.3) is 0 Å². The minimum absolute atomic E-state index is 0.653. The highest BCUT2D eigenvalue weighted by Crippen LogP contribution is 2.89. The van der Waals surface area contributed by atoms with Crippen molar-refractivity contribution in [3.05, 3.63) is 0 Å². The van der Waals surface area contributed by atoms with E-state index in [9.17, 15) is 0 Å². The molecule has 0 aromatic rings. The first-order valence-electron chi connectivity index (χ1n) is 3.96.